The molecule has 2 aliphatic heterocycles. The zero-order valence-electron chi connectivity index (χ0n) is 30.8. The summed E-state index contributed by atoms with van der Waals surface area (Å²) in [6, 6.07) is 13.7. The molecule has 13 heteroatoms. The van der Waals surface area contributed by atoms with Gasteiger partial charge in [0.05, 0.1) is 39.6 Å². The van der Waals surface area contributed by atoms with Crippen molar-refractivity contribution in [1.82, 2.24) is 29.7 Å². The standard InChI is InChI=1S/C39H49N7O6/c1-6-34(48)44-16-10-11-17-46(39(49)31-22-41-37(43(31)2)27-14-8-7-9-15-27)24-28-19-29-30(20-32(50-3)36(52-5)35(29)51-4)42-38(28)45-18-12-13-26(23-45)21-40-33(47)25-44/h7-9,14-15,19-20,22,26H,6,10-13,16-18,21,23-25H2,1-5H3,(H,40,47). The smallest absolute Gasteiger partial charge is 0.272 e. The second kappa shape index (κ2) is 16.3. The van der Waals surface area contributed by atoms with Crippen molar-refractivity contribution in [3.8, 4) is 28.6 Å². The predicted molar refractivity (Wildman–Crippen MR) is 199 cm³/mol. The molecule has 1 atom stereocenters. The van der Waals surface area contributed by atoms with E-state index in [9.17, 15) is 14.4 Å². The van der Waals surface area contributed by atoms with Crippen LogP contribution in [0.25, 0.3) is 22.3 Å². The largest absolute Gasteiger partial charge is 0.493 e. The number of nitrogens with one attached hydrogen (secondary N) is 1. The zero-order chi connectivity index (χ0) is 36.8. The molecule has 4 heterocycles. The maximum Gasteiger partial charge on any atom is 0.272 e. The summed E-state index contributed by atoms with van der Waals surface area (Å²) in [5.74, 6) is 2.72. The molecule has 1 unspecified atom stereocenters. The molecule has 4 aromatic rings. The molecule has 0 aliphatic carbocycles. The number of methoxy groups -OCH3 is 3. The Morgan fingerprint density at radius 1 is 0.923 bits per heavy atom. The molecule has 0 spiro atoms. The Kier molecular flexibility index (Phi) is 11.5. The van der Waals surface area contributed by atoms with Gasteiger partial charge in [0.1, 0.15) is 17.3 Å². The minimum atomic E-state index is -0.166. The highest BCUT2D eigenvalue weighted by molar-refractivity contribution is 5.94. The summed E-state index contributed by atoms with van der Waals surface area (Å²) in [6.45, 7) is 4.88. The van der Waals surface area contributed by atoms with Crippen LogP contribution in [0.1, 0.15) is 55.1 Å². The average Bonchev–Trinajstić information content (AvgIpc) is 3.56. The van der Waals surface area contributed by atoms with Crippen molar-refractivity contribution in [2.45, 2.75) is 45.6 Å². The Morgan fingerprint density at radius 3 is 2.38 bits per heavy atom. The fourth-order valence-corrected chi connectivity index (χ4v) is 7.33. The lowest BCUT2D eigenvalue weighted by molar-refractivity contribution is -0.136. The maximum atomic E-state index is 14.6. The van der Waals surface area contributed by atoms with E-state index in [1.807, 2.05) is 65.9 Å². The number of hydrogen-bond acceptors (Lipinski definition) is 9. The molecule has 1 saturated heterocycles. The molecule has 6 rings (SSSR count). The summed E-state index contributed by atoms with van der Waals surface area (Å²) in [4.78, 5) is 56.2. The molecule has 2 aliphatic rings. The van der Waals surface area contributed by atoms with Crippen molar-refractivity contribution in [3.05, 3.63) is 59.9 Å². The van der Waals surface area contributed by atoms with Gasteiger partial charge in [-0.15, -0.1) is 0 Å². The minimum Gasteiger partial charge on any atom is -0.493 e. The van der Waals surface area contributed by atoms with Crippen molar-refractivity contribution in [2.24, 2.45) is 13.0 Å². The number of amides is 3. The van der Waals surface area contributed by atoms with Gasteiger partial charge in [0, 0.05) is 75.3 Å². The number of fused-ring (bicyclic) bond motifs is 5. The van der Waals surface area contributed by atoms with Gasteiger partial charge in [-0.2, -0.15) is 0 Å². The van der Waals surface area contributed by atoms with E-state index in [2.05, 4.69) is 15.2 Å². The normalized spacial score (nSPS) is 17.4. The Hall–Kier alpha value is -5.33. The quantitative estimate of drug-likeness (QED) is 0.303. The number of hydrogen-bond donors (Lipinski definition) is 1. The number of piperidine rings is 1. The van der Waals surface area contributed by atoms with Gasteiger partial charge in [-0.1, -0.05) is 37.3 Å². The first-order chi connectivity index (χ1) is 25.3. The Labute approximate surface area is 304 Å². The first-order valence-corrected chi connectivity index (χ1v) is 18.0. The fraction of sp³-hybridized carbons (Fsp3) is 0.462. The van der Waals surface area contributed by atoms with Crippen LogP contribution < -0.4 is 24.4 Å². The van der Waals surface area contributed by atoms with Crippen molar-refractivity contribution in [1.29, 1.82) is 0 Å². The third-order valence-electron chi connectivity index (χ3n) is 10.1. The third-order valence-corrected chi connectivity index (χ3v) is 10.1. The zero-order valence-corrected chi connectivity index (χ0v) is 30.8. The number of ether oxygens (including phenoxy) is 3. The Balaban J connectivity index is 1.45. The maximum absolute atomic E-state index is 14.6. The lowest BCUT2D eigenvalue weighted by atomic mass is 9.97. The highest BCUT2D eigenvalue weighted by Crippen LogP contribution is 2.44. The molecular weight excluding hydrogens is 662 g/mol. The van der Waals surface area contributed by atoms with Gasteiger partial charge >= 0.3 is 0 Å². The molecule has 276 valence electrons. The van der Waals surface area contributed by atoms with Gasteiger partial charge in [-0.05, 0) is 37.7 Å². The fourth-order valence-electron chi connectivity index (χ4n) is 7.33. The number of imidazole rings is 1. The van der Waals surface area contributed by atoms with Crippen molar-refractivity contribution in [2.75, 3.05) is 65.5 Å². The first kappa shape index (κ1) is 36.5. The van der Waals surface area contributed by atoms with Crippen LogP contribution in [0.2, 0.25) is 0 Å². The second-order valence-electron chi connectivity index (χ2n) is 13.4. The summed E-state index contributed by atoms with van der Waals surface area (Å²) in [5, 5.41) is 3.83. The number of anilines is 1. The van der Waals surface area contributed by atoms with E-state index in [1.54, 1.807) is 32.4 Å². The van der Waals surface area contributed by atoms with E-state index < -0.39 is 0 Å². The van der Waals surface area contributed by atoms with Crippen LogP contribution in [-0.4, -0.2) is 103 Å². The molecule has 3 amide bonds. The number of pyridine rings is 1. The summed E-state index contributed by atoms with van der Waals surface area (Å²) < 4.78 is 19.1. The van der Waals surface area contributed by atoms with Crippen LogP contribution in [0.15, 0.2) is 48.7 Å². The van der Waals surface area contributed by atoms with Gasteiger partial charge in [0.25, 0.3) is 5.91 Å². The van der Waals surface area contributed by atoms with Crippen LogP contribution in [0.3, 0.4) is 0 Å². The molecule has 1 N–H and O–H groups in total. The topological polar surface area (TPSA) is 131 Å². The minimum absolute atomic E-state index is 0.0204. The highest BCUT2D eigenvalue weighted by Gasteiger charge is 2.29. The van der Waals surface area contributed by atoms with Crippen molar-refractivity contribution < 1.29 is 28.6 Å². The molecule has 2 aromatic carbocycles. The summed E-state index contributed by atoms with van der Waals surface area (Å²) in [5.41, 5.74) is 2.91. The van der Waals surface area contributed by atoms with Gasteiger partial charge in [0.15, 0.2) is 11.5 Å². The van der Waals surface area contributed by atoms with Gasteiger partial charge in [-0.25, -0.2) is 9.97 Å². The number of aromatic nitrogens is 3. The molecule has 2 bridgehead atoms. The van der Waals surface area contributed by atoms with E-state index in [4.69, 9.17) is 19.2 Å². The molecule has 1 fully saturated rings. The summed E-state index contributed by atoms with van der Waals surface area (Å²) >= 11 is 0. The van der Waals surface area contributed by atoms with Crippen LogP contribution in [0.5, 0.6) is 17.2 Å². The molecular formula is C39H49N7O6. The number of nitrogens with zero attached hydrogens (tertiary/aromatic N) is 6. The summed E-state index contributed by atoms with van der Waals surface area (Å²) in [7, 11) is 6.61. The van der Waals surface area contributed by atoms with E-state index >= 15 is 0 Å². The number of rotatable bonds is 6. The second-order valence-corrected chi connectivity index (χ2v) is 13.4. The van der Waals surface area contributed by atoms with E-state index in [0.29, 0.717) is 79.7 Å². The molecule has 13 nitrogen and oxygen atoms in total. The van der Waals surface area contributed by atoms with Crippen molar-refractivity contribution >= 4 is 34.4 Å². The lowest BCUT2D eigenvalue weighted by Gasteiger charge is -2.36. The van der Waals surface area contributed by atoms with Gasteiger partial charge < -0.3 is 38.8 Å². The van der Waals surface area contributed by atoms with Crippen LogP contribution in [0.4, 0.5) is 5.82 Å². The number of carbonyl (C=O) groups excluding carboxylic acids is 3. The first-order valence-electron chi connectivity index (χ1n) is 18.0. The van der Waals surface area contributed by atoms with Crippen LogP contribution in [-0.2, 0) is 23.2 Å². The SMILES string of the molecule is CCC(=O)N1CCCCN(C(=O)c2cnc(-c3ccccc3)n2C)Cc2cc3c(OC)c(OC)c(OC)cc3nc2N2CCCC(CNC(=O)C1)C2. The Bertz CT molecular complexity index is 1910. The van der Waals surface area contributed by atoms with E-state index in [-0.39, 0.29) is 36.7 Å². The van der Waals surface area contributed by atoms with E-state index in [1.165, 1.54) is 0 Å². The third kappa shape index (κ3) is 7.63. The van der Waals surface area contributed by atoms with Gasteiger partial charge in [0.2, 0.25) is 17.6 Å². The molecule has 52 heavy (non-hydrogen) atoms. The van der Waals surface area contributed by atoms with E-state index in [0.717, 1.165) is 41.7 Å². The van der Waals surface area contributed by atoms with Gasteiger partial charge in [-0.3, -0.25) is 14.4 Å². The lowest BCUT2D eigenvalue weighted by Crippen LogP contribution is -2.45. The Morgan fingerprint density at radius 2 is 1.67 bits per heavy atom. The highest BCUT2D eigenvalue weighted by atomic mass is 16.5. The molecule has 0 saturated carbocycles. The van der Waals surface area contributed by atoms with Crippen molar-refractivity contribution in [3.63, 3.8) is 0 Å². The number of carbonyl (C=O) groups is 3. The van der Waals surface area contributed by atoms with Crippen LogP contribution in [0, 0.1) is 5.92 Å². The summed E-state index contributed by atoms with van der Waals surface area (Å²) in [6.07, 6.45) is 5.04. The van der Waals surface area contributed by atoms with Crippen LogP contribution >= 0.6 is 0 Å². The molecule has 0 radical (unpaired) electrons. The monoisotopic (exact) mass is 711 g/mol. The predicted octanol–water partition coefficient (Wildman–Crippen LogP) is 4.67. The number of benzene rings is 2. The average molecular weight is 712 g/mol. The molecule has 2 aromatic heterocycles.